The highest BCUT2D eigenvalue weighted by molar-refractivity contribution is 5.76. The van der Waals surface area contributed by atoms with Gasteiger partial charge in [0.1, 0.15) is 0 Å². The van der Waals surface area contributed by atoms with Crippen molar-refractivity contribution >= 4 is 5.91 Å². The maximum absolute atomic E-state index is 12.4. The highest BCUT2D eigenvalue weighted by atomic mass is 16.3. The smallest absolute Gasteiger partial charge is 0.223 e. The average molecular weight is 341 g/mol. The molecule has 2 aromatic rings. The Labute approximate surface area is 149 Å². The molecule has 25 heavy (non-hydrogen) atoms. The molecule has 1 aliphatic heterocycles. The molecule has 1 aromatic heterocycles. The number of hydrogen-bond donors (Lipinski definition) is 2. The van der Waals surface area contributed by atoms with E-state index in [2.05, 4.69) is 34.1 Å². The van der Waals surface area contributed by atoms with Crippen molar-refractivity contribution in [1.82, 2.24) is 14.8 Å². The quantitative estimate of drug-likeness (QED) is 0.846. The molecule has 0 radical (unpaired) electrons. The molecule has 1 fully saturated rings. The van der Waals surface area contributed by atoms with Crippen molar-refractivity contribution in [2.45, 2.75) is 25.9 Å². The number of rotatable bonds is 6. The summed E-state index contributed by atoms with van der Waals surface area (Å²) in [7, 11) is 0. The first-order valence-corrected chi connectivity index (χ1v) is 9.03. The topological polar surface area (TPSA) is 59.6 Å². The second-order valence-corrected chi connectivity index (χ2v) is 6.79. The molecule has 1 amide bonds. The standard InChI is InChI=1S/C20H27N3O2/c1-16(24)15-22-11-13-23(14-12-22)20(25)10-8-18-7-9-19(21-18)17-5-3-2-4-6-17/h2-7,9,16,21,24H,8,10-15H2,1H3. The van der Waals surface area contributed by atoms with Gasteiger partial charge in [0, 0.05) is 50.5 Å². The van der Waals surface area contributed by atoms with Gasteiger partial charge in [0.05, 0.1) is 6.10 Å². The fraction of sp³-hybridized carbons (Fsp3) is 0.450. The predicted molar refractivity (Wildman–Crippen MR) is 99.3 cm³/mol. The van der Waals surface area contributed by atoms with E-state index >= 15 is 0 Å². The van der Waals surface area contributed by atoms with Crippen LogP contribution in [0.5, 0.6) is 0 Å². The molecular weight excluding hydrogens is 314 g/mol. The Morgan fingerprint density at radius 3 is 2.52 bits per heavy atom. The summed E-state index contributed by atoms with van der Waals surface area (Å²) < 4.78 is 0. The molecule has 0 bridgehead atoms. The predicted octanol–water partition coefficient (Wildman–Crippen LogP) is 2.14. The number of nitrogens with one attached hydrogen (secondary N) is 1. The lowest BCUT2D eigenvalue weighted by Gasteiger charge is -2.35. The molecule has 1 atom stereocenters. The van der Waals surface area contributed by atoms with Crippen LogP contribution in [0, 0.1) is 0 Å². The number of aromatic nitrogens is 1. The Balaban J connectivity index is 1.46. The van der Waals surface area contributed by atoms with E-state index in [1.165, 1.54) is 0 Å². The van der Waals surface area contributed by atoms with Crippen LogP contribution in [0.25, 0.3) is 11.3 Å². The van der Waals surface area contributed by atoms with Crippen LogP contribution in [0.4, 0.5) is 0 Å². The number of H-pyrrole nitrogens is 1. The molecule has 3 rings (SSSR count). The summed E-state index contributed by atoms with van der Waals surface area (Å²) >= 11 is 0. The number of aliphatic hydroxyl groups excluding tert-OH is 1. The zero-order valence-electron chi connectivity index (χ0n) is 14.8. The van der Waals surface area contributed by atoms with E-state index in [-0.39, 0.29) is 12.0 Å². The third kappa shape index (κ3) is 4.94. The zero-order chi connectivity index (χ0) is 17.6. The average Bonchev–Trinajstić information content (AvgIpc) is 3.10. The van der Waals surface area contributed by atoms with Gasteiger partial charge >= 0.3 is 0 Å². The van der Waals surface area contributed by atoms with Gasteiger partial charge in [-0.2, -0.15) is 0 Å². The molecule has 2 N–H and O–H groups in total. The largest absolute Gasteiger partial charge is 0.392 e. The van der Waals surface area contributed by atoms with E-state index in [4.69, 9.17) is 0 Å². The van der Waals surface area contributed by atoms with Crippen molar-refractivity contribution in [2.24, 2.45) is 0 Å². The minimum Gasteiger partial charge on any atom is -0.392 e. The SMILES string of the molecule is CC(O)CN1CCN(C(=O)CCc2ccc(-c3ccccc3)[nH]2)CC1. The van der Waals surface area contributed by atoms with E-state index in [1.807, 2.05) is 23.1 Å². The van der Waals surface area contributed by atoms with Gasteiger partial charge in [-0.3, -0.25) is 9.69 Å². The second kappa shape index (κ2) is 8.32. The van der Waals surface area contributed by atoms with E-state index in [9.17, 15) is 9.90 Å². The molecule has 1 aromatic carbocycles. The lowest BCUT2D eigenvalue weighted by atomic mass is 10.2. The van der Waals surface area contributed by atoms with Gasteiger partial charge in [-0.1, -0.05) is 30.3 Å². The number of amides is 1. The van der Waals surface area contributed by atoms with Gasteiger partial charge in [0.15, 0.2) is 0 Å². The van der Waals surface area contributed by atoms with Crippen LogP contribution in [0.1, 0.15) is 19.0 Å². The minimum atomic E-state index is -0.311. The van der Waals surface area contributed by atoms with E-state index in [0.717, 1.165) is 49.6 Å². The summed E-state index contributed by atoms with van der Waals surface area (Å²) in [5, 5.41) is 9.45. The Morgan fingerprint density at radius 1 is 1.12 bits per heavy atom. The molecule has 0 spiro atoms. The maximum atomic E-state index is 12.4. The number of β-amino-alcohol motifs (C(OH)–C–C–N with tert-alkyl or cyclic N) is 1. The van der Waals surface area contributed by atoms with Gasteiger partial charge in [0.2, 0.25) is 5.91 Å². The Kier molecular flexibility index (Phi) is 5.89. The maximum Gasteiger partial charge on any atom is 0.223 e. The first-order chi connectivity index (χ1) is 12.1. The molecule has 0 saturated carbocycles. The summed E-state index contributed by atoms with van der Waals surface area (Å²) in [6, 6.07) is 14.3. The monoisotopic (exact) mass is 341 g/mol. The lowest BCUT2D eigenvalue weighted by Crippen LogP contribution is -2.50. The molecule has 5 heteroatoms. The molecule has 5 nitrogen and oxygen atoms in total. The Bertz CT molecular complexity index is 673. The number of aliphatic hydroxyl groups is 1. The second-order valence-electron chi connectivity index (χ2n) is 6.79. The third-order valence-corrected chi connectivity index (χ3v) is 4.69. The van der Waals surface area contributed by atoms with Crippen LogP contribution in [0.15, 0.2) is 42.5 Å². The highest BCUT2D eigenvalue weighted by Crippen LogP contribution is 2.18. The van der Waals surface area contributed by atoms with Crippen LogP contribution < -0.4 is 0 Å². The number of aryl methyl sites for hydroxylation is 1. The number of piperazine rings is 1. The third-order valence-electron chi connectivity index (χ3n) is 4.69. The molecule has 0 aliphatic carbocycles. The Morgan fingerprint density at radius 2 is 1.84 bits per heavy atom. The van der Waals surface area contributed by atoms with E-state index in [1.54, 1.807) is 6.92 Å². The summed E-state index contributed by atoms with van der Waals surface area (Å²) in [6.07, 6.45) is 0.957. The molecule has 134 valence electrons. The number of aromatic amines is 1. The number of nitrogens with zero attached hydrogens (tertiary/aromatic N) is 2. The first-order valence-electron chi connectivity index (χ1n) is 9.03. The molecular formula is C20H27N3O2. The molecule has 1 unspecified atom stereocenters. The van der Waals surface area contributed by atoms with Crippen molar-refractivity contribution in [1.29, 1.82) is 0 Å². The fourth-order valence-electron chi connectivity index (χ4n) is 3.33. The Hall–Kier alpha value is -2.11. The van der Waals surface area contributed by atoms with Gasteiger partial charge in [-0.15, -0.1) is 0 Å². The van der Waals surface area contributed by atoms with Crippen molar-refractivity contribution in [3.8, 4) is 11.3 Å². The van der Waals surface area contributed by atoms with Crippen LogP contribution in [0.3, 0.4) is 0 Å². The van der Waals surface area contributed by atoms with Crippen LogP contribution >= 0.6 is 0 Å². The van der Waals surface area contributed by atoms with E-state index in [0.29, 0.717) is 13.0 Å². The lowest BCUT2D eigenvalue weighted by molar-refractivity contribution is -0.133. The minimum absolute atomic E-state index is 0.215. The van der Waals surface area contributed by atoms with Gasteiger partial charge in [-0.05, 0) is 31.0 Å². The van der Waals surface area contributed by atoms with Crippen molar-refractivity contribution in [2.75, 3.05) is 32.7 Å². The summed E-state index contributed by atoms with van der Waals surface area (Å²) in [5.74, 6) is 0.215. The van der Waals surface area contributed by atoms with Gasteiger partial charge < -0.3 is 15.0 Å². The number of carbonyl (C=O) groups is 1. The number of benzene rings is 1. The van der Waals surface area contributed by atoms with Gasteiger partial charge in [-0.25, -0.2) is 0 Å². The van der Waals surface area contributed by atoms with Crippen LogP contribution in [-0.4, -0.2) is 64.6 Å². The van der Waals surface area contributed by atoms with Gasteiger partial charge in [0.25, 0.3) is 0 Å². The van der Waals surface area contributed by atoms with Crippen molar-refractivity contribution < 1.29 is 9.90 Å². The summed E-state index contributed by atoms with van der Waals surface area (Å²) in [5.41, 5.74) is 3.35. The summed E-state index contributed by atoms with van der Waals surface area (Å²) in [4.78, 5) is 20.0. The number of hydrogen-bond acceptors (Lipinski definition) is 3. The van der Waals surface area contributed by atoms with Crippen LogP contribution in [-0.2, 0) is 11.2 Å². The first kappa shape index (κ1) is 17.7. The van der Waals surface area contributed by atoms with Crippen molar-refractivity contribution in [3.63, 3.8) is 0 Å². The molecule has 1 aliphatic rings. The normalized spacial score (nSPS) is 16.8. The molecule has 2 heterocycles. The number of carbonyl (C=O) groups excluding carboxylic acids is 1. The van der Waals surface area contributed by atoms with E-state index < -0.39 is 0 Å². The van der Waals surface area contributed by atoms with Crippen molar-refractivity contribution in [3.05, 3.63) is 48.2 Å². The summed E-state index contributed by atoms with van der Waals surface area (Å²) in [6.45, 7) is 5.69. The fourth-order valence-corrected chi connectivity index (χ4v) is 3.33. The molecule has 1 saturated heterocycles. The zero-order valence-corrected chi connectivity index (χ0v) is 14.8. The van der Waals surface area contributed by atoms with Crippen LogP contribution in [0.2, 0.25) is 0 Å². The highest BCUT2D eigenvalue weighted by Gasteiger charge is 2.21.